The lowest BCUT2D eigenvalue weighted by atomic mass is 10.3. The van der Waals surface area contributed by atoms with Crippen molar-refractivity contribution >= 4 is 11.8 Å². The number of phenolic OH excluding ortho intramolecular Hbond substituents is 1. The van der Waals surface area contributed by atoms with Crippen molar-refractivity contribution < 1.29 is 5.11 Å². The summed E-state index contributed by atoms with van der Waals surface area (Å²) in [4.78, 5) is 0. The predicted octanol–water partition coefficient (Wildman–Crippen LogP) is 2.45. The van der Waals surface area contributed by atoms with Gasteiger partial charge in [-0.05, 0) is 46.8 Å². The van der Waals surface area contributed by atoms with Gasteiger partial charge in [0.25, 0.3) is 0 Å². The number of hydrogen-bond donors (Lipinski definition) is 2. The van der Waals surface area contributed by atoms with Gasteiger partial charge in [-0.3, -0.25) is 0 Å². The first kappa shape index (κ1) is 12.9. The van der Waals surface area contributed by atoms with E-state index in [4.69, 9.17) is 0 Å². The lowest BCUT2D eigenvalue weighted by molar-refractivity contribution is 0.475. The maximum absolute atomic E-state index is 9.22. The SMILES string of the molecule is Oc1ccc(N/C=C/c2nnnn2-c2ccccc2)cc1. The molecule has 2 N–H and O–H groups in total. The van der Waals surface area contributed by atoms with Crippen LogP contribution in [0.1, 0.15) is 5.82 Å². The highest BCUT2D eigenvalue weighted by Gasteiger charge is 2.03. The smallest absolute Gasteiger partial charge is 0.181 e. The Morgan fingerprint density at radius 2 is 1.76 bits per heavy atom. The van der Waals surface area contributed by atoms with Crippen LogP contribution in [0.2, 0.25) is 0 Å². The summed E-state index contributed by atoms with van der Waals surface area (Å²) in [6.07, 6.45) is 3.53. The van der Waals surface area contributed by atoms with Crippen LogP contribution in [0.3, 0.4) is 0 Å². The van der Waals surface area contributed by atoms with E-state index in [1.54, 1.807) is 41.2 Å². The number of tetrazole rings is 1. The van der Waals surface area contributed by atoms with Crippen LogP contribution in [0.5, 0.6) is 5.75 Å². The highest BCUT2D eigenvalue weighted by molar-refractivity contribution is 5.53. The summed E-state index contributed by atoms with van der Waals surface area (Å²) in [5.74, 6) is 0.852. The van der Waals surface area contributed by atoms with Crippen molar-refractivity contribution in [3.8, 4) is 11.4 Å². The van der Waals surface area contributed by atoms with Crippen LogP contribution >= 0.6 is 0 Å². The molecule has 2 aromatic carbocycles. The molecule has 0 bridgehead atoms. The molecule has 0 aliphatic heterocycles. The van der Waals surface area contributed by atoms with Gasteiger partial charge in [0.05, 0.1) is 5.69 Å². The van der Waals surface area contributed by atoms with Crippen molar-refractivity contribution in [3.05, 3.63) is 66.6 Å². The minimum Gasteiger partial charge on any atom is -0.508 e. The second-order valence-electron chi connectivity index (χ2n) is 4.31. The Morgan fingerprint density at radius 1 is 1.00 bits per heavy atom. The van der Waals surface area contributed by atoms with Gasteiger partial charge in [0.2, 0.25) is 0 Å². The molecular weight excluding hydrogens is 266 g/mol. The third kappa shape index (κ3) is 3.06. The molecule has 0 saturated heterocycles. The van der Waals surface area contributed by atoms with Crippen molar-refractivity contribution in [2.75, 3.05) is 5.32 Å². The lowest BCUT2D eigenvalue weighted by Crippen LogP contribution is -1.99. The molecule has 0 aliphatic rings. The van der Waals surface area contributed by atoms with Crippen LogP contribution in [0, 0.1) is 0 Å². The van der Waals surface area contributed by atoms with E-state index in [2.05, 4.69) is 20.8 Å². The molecule has 3 aromatic rings. The molecule has 0 fully saturated rings. The number of rotatable bonds is 4. The van der Waals surface area contributed by atoms with E-state index >= 15 is 0 Å². The van der Waals surface area contributed by atoms with E-state index < -0.39 is 0 Å². The maximum Gasteiger partial charge on any atom is 0.181 e. The van der Waals surface area contributed by atoms with E-state index in [-0.39, 0.29) is 5.75 Å². The Labute approximate surface area is 121 Å². The predicted molar refractivity (Wildman–Crippen MR) is 79.9 cm³/mol. The molecule has 3 rings (SSSR count). The minimum absolute atomic E-state index is 0.234. The monoisotopic (exact) mass is 279 g/mol. The minimum atomic E-state index is 0.234. The molecule has 0 aliphatic carbocycles. The molecule has 6 heteroatoms. The molecular formula is C15H13N5O. The van der Waals surface area contributed by atoms with Gasteiger partial charge >= 0.3 is 0 Å². The number of nitrogens with one attached hydrogen (secondary N) is 1. The zero-order valence-electron chi connectivity index (χ0n) is 11.1. The number of anilines is 1. The second-order valence-corrected chi connectivity index (χ2v) is 4.31. The van der Waals surface area contributed by atoms with Crippen molar-refractivity contribution in [1.82, 2.24) is 20.2 Å². The van der Waals surface area contributed by atoms with Crippen molar-refractivity contribution in [3.63, 3.8) is 0 Å². The number of para-hydroxylation sites is 1. The number of benzene rings is 2. The summed E-state index contributed by atoms with van der Waals surface area (Å²) in [6.45, 7) is 0. The van der Waals surface area contributed by atoms with Gasteiger partial charge in [-0.15, -0.1) is 5.10 Å². The third-order valence-electron chi connectivity index (χ3n) is 2.84. The number of aromatic nitrogens is 4. The standard InChI is InChI=1S/C15H13N5O/c21-14-8-6-12(7-9-14)16-11-10-15-17-18-19-20(15)13-4-2-1-3-5-13/h1-11,16,21H/b11-10+. The third-order valence-corrected chi connectivity index (χ3v) is 2.84. The molecule has 6 nitrogen and oxygen atoms in total. The molecule has 0 saturated carbocycles. The molecule has 0 radical (unpaired) electrons. The van der Waals surface area contributed by atoms with Crippen LogP contribution in [-0.4, -0.2) is 25.3 Å². The van der Waals surface area contributed by atoms with Crippen molar-refractivity contribution in [2.24, 2.45) is 0 Å². The zero-order valence-corrected chi connectivity index (χ0v) is 11.1. The van der Waals surface area contributed by atoms with Crippen LogP contribution in [0.15, 0.2) is 60.8 Å². The number of phenols is 1. The van der Waals surface area contributed by atoms with E-state index in [1.165, 1.54) is 0 Å². The van der Waals surface area contributed by atoms with Gasteiger partial charge in [-0.1, -0.05) is 18.2 Å². The molecule has 104 valence electrons. The summed E-state index contributed by atoms with van der Waals surface area (Å²) >= 11 is 0. The molecule has 0 spiro atoms. The van der Waals surface area contributed by atoms with Gasteiger partial charge in [-0.25, -0.2) is 0 Å². The number of hydrogen-bond acceptors (Lipinski definition) is 5. The maximum atomic E-state index is 9.22. The van der Waals surface area contributed by atoms with Crippen LogP contribution in [-0.2, 0) is 0 Å². The molecule has 1 aromatic heterocycles. The van der Waals surface area contributed by atoms with E-state index in [1.807, 2.05) is 30.3 Å². The van der Waals surface area contributed by atoms with Gasteiger partial charge in [0, 0.05) is 18.0 Å². The van der Waals surface area contributed by atoms with Gasteiger partial charge in [0.15, 0.2) is 5.82 Å². The fraction of sp³-hybridized carbons (Fsp3) is 0. The van der Waals surface area contributed by atoms with Crippen LogP contribution in [0.25, 0.3) is 11.8 Å². The second kappa shape index (κ2) is 5.87. The topological polar surface area (TPSA) is 75.9 Å². The average molecular weight is 279 g/mol. The lowest BCUT2D eigenvalue weighted by Gasteiger charge is -2.02. The highest BCUT2D eigenvalue weighted by atomic mass is 16.3. The molecule has 1 heterocycles. The first-order valence-corrected chi connectivity index (χ1v) is 6.39. The number of aromatic hydroxyl groups is 1. The van der Waals surface area contributed by atoms with E-state index in [9.17, 15) is 5.11 Å². The van der Waals surface area contributed by atoms with Crippen LogP contribution < -0.4 is 5.32 Å². The first-order chi connectivity index (χ1) is 10.3. The fourth-order valence-electron chi connectivity index (χ4n) is 1.82. The molecule has 0 unspecified atom stereocenters. The van der Waals surface area contributed by atoms with E-state index in [0.29, 0.717) is 5.82 Å². The number of nitrogens with zero attached hydrogens (tertiary/aromatic N) is 4. The highest BCUT2D eigenvalue weighted by Crippen LogP contribution is 2.14. The zero-order chi connectivity index (χ0) is 14.5. The largest absolute Gasteiger partial charge is 0.508 e. The summed E-state index contributed by atoms with van der Waals surface area (Å²) in [5, 5.41) is 23.9. The van der Waals surface area contributed by atoms with Gasteiger partial charge in [-0.2, -0.15) is 4.68 Å². The Kier molecular flexibility index (Phi) is 3.60. The molecule has 0 atom stereocenters. The van der Waals surface area contributed by atoms with Crippen molar-refractivity contribution in [2.45, 2.75) is 0 Å². The molecule has 0 amide bonds. The Bertz CT molecular complexity index is 734. The Hall–Kier alpha value is -3.15. The van der Waals surface area contributed by atoms with Gasteiger partial charge < -0.3 is 10.4 Å². The Morgan fingerprint density at radius 3 is 2.52 bits per heavy atom. The summed E-state index contributed by atoms with van der Waals surface area (Å²) < 4.78 is 1.65. The normalized spacial score (nSPS) is 10.9. The Balaban J connectivity index is 1.75. The first-order valence-electron chi connectivity index (χ1n) is 6.39. The average Bonchev–Trinajstić information content (AvgIpc) is 2.99. The quantitative estimate of drug-likeness (QED) is 0.717. The van der Waals surface area contributed by atoms with Crippen LogP contribution in [0.4, 0.5) is 5.69 Å². The van der Waals surface area contributed by atoms with Gasteiger partial charge in [0.1, 0.15) is 5.75 Å². The summed E-state index contributed by atoms with van der Waals surface area (Å²) in [5.41, 5.74) is 1.76. The summed E-state index contributed by atoms with van der Waals surface area (Å²) in [6, 6.07) is 16.4. The summed E-state index contributed by atoms with van der Waals surface area (Å²) in [7, 11) is 0. The molecule has 21 heavy (non-hydrogen) atoms. The van der Waals surface area contributed by atoms with Crippen molar-refractivity contribution in [1.29, 1.82) is 0 Å². The van der Waals surface area contributed by atoms with E-state index in [0.717, 1.165) is 11.4 Å². The fourth-order valence-corrected chi connectivity index (χ4v) is 1.82.